The van der Waals surface area contributed by atoms with Crippen LogP contribution in [0.5, 0.6) is 0 Å². The fourth-order valence-electron chi connectivity index (χ4n) is 9.27. The van der Waals surface area contributed by atoms with Crippen molar-refractivity contribution in [1.82, 2.24) is 34.5 Å². The SMILES string of the molecule is COC(=O)CCN1CCN(CCOCCOCCOCCOCCOCCOCCOCCOCCCCn2c(CN3C(=O)C4(CCN(C(=O)OC(C)(C)C)CC4)C4=C3CNC=C4)nc3cc(Cl)ccc32)CC1. The Bertz CT molecular complexity index is 2050. The number of hydrogen-bond acceptors (Lipinski definition) is 17. The van der Waals surface area contributed by atoms with E-state index < -0.39 is 11.0 Å². The zero-order valence-corrected chi connectivity index (χ0v) is 44.6. The van der Waals surface area contributed by atoms with Crippen molar-refractivity contribution in [3.63, 3.8) is 0 Å². The molecule has 0 atom stereocenters. The van der Waals surface area contributed by atoms with Crippen LogP contribution in [0.1, 0.15) is 58.7 Å². The smallest absolute Gasteiger partial charge is 0.410 e. The number of methoxy groups -OCH3 is 1. The van der Waals surface area contributed by atoms with Crippen molar-refractivity contribution in [2.45, 2.75) is 71.6 Å². The summed E-state index contributed by atoms with van der Waals surface area (Å²) in [5, 5.41) is 3.92. The summed E-state index contributed by atoms with van der Waals surface area (Å²) in [7, 11) is 1.43. The van der Waals surface area contributed by atoms with Gasteiger partial charge >= 0.3 is 12.1 Å². The molecular formula is C52H82ClN7O13. The number of nitrogens with zero attached hydrogens (tertiary/aromatic N) is 6. The number of carbonyl (C=O) groups is 3. The summed E-state index contributed by atoms with van der Waals surface area (Å²) in [6, 6.07) is 5.74. The molecule has 0 aliphatic carbocycles. The van der Waals surface area contributed by atoms with Crippen molar-refractivity contribution in [3.8, 4) is 0 Å². The highest BCUT2D eigenvalue weighted by Gasteiger charge is 2.54. The second kappa shape index (κ2) is 31.2. The standard InChI is InChI=1S/C52H82ClN7O13/c1-51(2,3)73-50(63)58-16-11-52(12-17-58)43-9-13-54-40-46(43)60(49(52)62)41-47-55-44-39-42(53)7-8-45(44)59(47)14-5-6-23-65-25-27-67-29-31-69-33-35-71-37-38-72-36-34-70-32-30-68-28-26-66-24-22-57-20-18-56(19-21-57)15-10-48(61)64-4/h7-9,13,39,54H,5-6,10-12,14-38,40-41H2,1-4H3. The Morgan fingerprint density at radius 1 is 0.699 bits per heavy atom. The van der Waals surface area contributed by atoms with Crippen LogP contribution in [0.15, 0.2) is 41.7 Å². The molecule has 6 rings (SSSR count). The molecule has 73 heavy (non-hydrogen) atoms. The Hall–Kier alpha value is -3.93. The largest absolute Gasteiger partial charge is 0.469 e. The fourth-order valence-corrected chi connectivity index (χ4v) is 9.44. The monoisotopic (exact) mass is 1050 g/mol. The van der Waals surface area contributed by atoms with Gasteiger partial charge in [-0.3, -0.25) is 14.5 Å². The molecule has 5 heterocycles. The van der Waals surface area contributed by atoms with Crippen LogP contribution in [0.4, 0.5) is 4.79 Å². The lowest BCUT2D eigenvalue weighted by Gasteiger charge is -2.39. The Morgan fingerprint density at radius 2 is 1.23 bits per heavy atom. The van der Waals surface area contributed by atoms with Crippen LogP contribution in [-0.2, 0) is 70.0 Å². The van der Waals surface area contributed by atoms with E-state index in [2.05, 4.69) is 19.7 Å². The number of allylic oxidation sites excluding steroid dienone is 1. The number of aryl methyl sites for hydroxylation is 1. The highest BCUT2D eigenvalue weighted by Crippen LogP contribution is 2.49. The fraction of sp³-hybridized carbons (Fsp3) is 0.731. The maximum atomic E-state index is 14.5. The van der Waals surface area contributed by atoms with Crippen LogP contribution >= 0.6 is 11.6 Å². The number of nitrogens with one attached hydrogen (secondary N) is 1. The topological polar surface area (TPSA) is 186 Å². The summed E-state index contributed by atoms with van der Waals surface area (Å²) < 4.78 is 57.8. The van der Waals surface area contributed by atoms with Crippen LogP contribution in [0, 0.1) is 5.41 Å². The molecule has 410 valence electrons. The van der Waals surface area contributed by atoms with Crippen LogP contribution < -0.4 is 5.32 Å². The molecule has 21 heteroatoms. The zero-order valence-electron chi connectivity index (χ0n) is 43.9. The second-order valence-corrected chi connectivity index (χ2v) is 19.9. The molecule has 4 aliphatic heterocycles. The first-order valence-corrected chi connectivity index (χ1v) is 26.6. The van der Waals surface area contributed by atoms with Gasteiger partial charge in [-0.1, -0.05) is 11.6 Å². The molecule has 2 fully saturated rings. The summed E-state index contributed by atoms with van der Waals surface area (Å²) in [6.45, 7) is 21.8. The van der Waals surface area contributed by atoms with Gasteiger partial charge in [0.15, 0.2) is 0 Å². The number of likely N-dealkylation sites (tertiary alicyclic amines) is 1. The number of dihydropyridines is 1. The van der Waals surface area contributed by atoms with Crippen LogP contribution in [0.3, 0.4) is 0 Å². The minimum absolute atomic E-state index is 0.0563. The van der Waals surface area contributed by atoms with Crippen molar-refractivity contribution in [2.24, 2.45) is 5.41 Å². The number of amides is 2. The molecule has 4 aliphatic rings. The first kappa shape index (κ1) is 58.3. The number of halogens is 1. The minimum Gasteiger partial charge on any atom is -0.469 e. The van der Waals surface area contributed by atoms with E-state index in [1.165, 1.54) is 7.11 Å². The first-order valence-electron chi connectivity index (χ1n) is 26.2. The third-order valence-corrected chi connectivity index (χ3v) is 13.4. The molecule has 1 N–H and O–H groups in total. The molecule has 2 amide bonds. The van der Waals surface area contributed by atoms with Gasteiger partial charge in [0.2, 0.25) is 5.91 Å². The predicted molar refractivity (Wildman–Crippen MR) is 274 cm³/mol. The number of ether oxygens (including phenoxy) is 10. The molecule has 2 saturated heterocycles. The quantitative estimate of drug-likeness (QED) is 0.0762. The summed E-state index contributed by atoms with van der Waals surface area (Å²) in [5.74, 6) is 0.697. The van der Waals surface area contributed by atoms with Gasteiger partial charge < -0.3 is 72.0 Å². The summed E-state index contributed by atoms with van der Waals surface area (Å²) in [4.78, 5) is 52.1. The Morgan fingerprint density at radius 3 is 1.78 bits per heavy atom. The van der Waals surface area contributed by atoms with E-state index in [4.69, 9.17) is 64.0 Å². The lowest BCUT2D eigenvalue weighted by molar-refractivity contribution is -0.141. The van der Waals surface area contributed by atoms with E-state index in [9.17, 15) is 14.4 Å². The van der Waals surface area contributed by atoms with Gasteiger partial charge in [0.05, 0.1) is 142 Å². The van der Waals surface area contributed by atoms with E-state index in [1.807, 2.05) is 56.1 Å². The number of aromatic nitrogens is 2. The molecule has 0 radical (unpaired) electrons. The van der Waals surface area contributed by atoms with Crippen molar-refractivity contribution >= 4 is 40.6 Å². The van der Waals surface area contributed by atoms with Crippen molar-refractivity contribution in [3.05, 3.63) is 52.6 Å². The Kier molecular flexibility index (Phi) is 24.9. The van der Waals surface area contributed by atoms with E-state index in [1.54, 1.807) is 4.90 Å². The lowest BCUT2D eigenvalue weighted by Crippen LogP contribution is -2.49. The lowest BCUT2D eigenvalue weighted by atomic mass is 9.72. The minimum atomic E-state index is -0.698. The highest BCUT2D eigenvalue weighted by atomic mass is 35.5. The van der Waals surface area contributed by atoms with E-state index in [0.29, 0.717) is 163 Å². The molecule has 20 nitrogen and oxygen atoms in total. The number of imidazole rings is 1. The average molecular weight is 1050 g/mol. The molecular weight excluding hydrogens is 966 g/mol. The number of esters is 1. The van der Waals surface area contributed by atoms with E-state index >= 15 is 0 Å². The van der Waals surface area contributed by atoms with Gasteiger partial charge in [-0.05, 0) is 82.5 Å². The van der Waals surface area contributed by atoms with Crippen molar-refractivity contribution in [1.29, 1.82) is 0 Å². The maximum absolute atomic E-state index is 14.5. The zero-order chi connectivity index (χ0) is 51.7. The van der Waals surface area contributed by atoms with Crippen molar-refractivity contribution in [2.75, 3.05) is 172 Å². The van der Waals surface area contributed by atoms with Gasteiger partial charge in [0, 0.05) is 76.2 Å². The highest BCUT2D eigenvalue weighted by molar-refractivity contribution is 6.31. The summed E-state index contributed by atoms with van der Waals surface area (Å²) in [6.07, 6.45) is 6.81. The first-order chi connectivity index (χ1) is 35.5. The molecule has 0 saturated carbocycles. The molecule has 1 aromatic carbocycles. The normalized spacial score (nSPS) is 17.3. The molecule has 2 aromatic rings. The number of benzene rings is 1. The maximum Gasteiger partial charge on any atom is 0.410 e. The number of carbonyl (C=O) groups excluding carboxylic acids is 3. The van der Waals surface area contributed by atoms with Gasteiger partial charge in [-0.25, -0.2) is 9.78 Å². The predicted octanol–water partition coefficient (Wildman–Crippen LogP) is 4.51. The number of piperazine rings is 1. The number of unbranched alkanes of at least 4 members (excludes halogenated alkanes) is 1. The third kappa shape index (κ3) is 19.0. The number of rotatable bonds is 34. The van der Waals surface area contributed by atoms with Crippen LogP contribution in [-0.4, -0.2) is 224 Å². The molecule has 0 unspecified atom stereocenters. The third-order valence-electron chi connectivity index (χ3n) is 13.2. The van der Waals surface area contributed by atoms with Gasteiger partial charge in [0.25, 0.3) is 0 Å². The van der Waals surface area contributed by atoms with E-state index in [-0.39, 0.29) is 18.0 Å². The molecule has 1 spiro atoms. The van der Waals surface area contributed by atoms with E-state index in [0.717, 1.165) is 80.2 Å². The molecule has 0 bridgehead atoms. The molecule has 1 aromatic heterocycles. The number of hydrogen-bond donors (Lipinski definition) is 1. The van der Waals surface area contributed by atoms with Gasteiger partial charge in [0.1, 0.15) is 11.4 Å². The average Bonchev–Trinajstić information content (AvgIpc) is 3.83. The van der Waals surface area contributed by atoms with Crippen LogP contribution in [0.25, 0.3) is 11.0 Å². The Labute approximate surface area is 436 Å². The summed E-state index contributed by atoms with van der Waals surface area (Å²) >= 11 is 6.41. The second-order valence-electron chi connectivity index (χ2n) is 19.4. The number of piperidine rings is 1. The van der Waals surface area contributed by atoms with Gasteiger partial charge in [-0.2, -0.15) is 0 Å². The summed E-state index contributed by atoms with van der Waals surface area (Å²) in [5.41, 5.74) is 2.47. The Balaban J connectivity index is 0.729. The van der Waals surface area contributed by atoms with Crippen molar-refractivity contribution < 1.29 is 61.8 Å². The van der Waals surface area contributed by atoms with Crippen LogP contribution in [0.2, 0.25) is 5.02 Å². The number of fused-ring (bicyclic) bond motifs is 2. The van der Waals surface area contributed by atoms with Gasteiger partial charge in [-0.15, -0.1) is 0 Å².